The molecule has 0 radical (unpaired) electrons. The molecule has 0 aliphatic rings. The van der Waals surface area contributed by atoms with Crippen LogP contribution in [0.15, 0.2) is 23.4 Å². The van der Waals surface area contributed by atoms with Gasteiger partial charge >= 0.3 is 0 Å². The van der Waals surface area contributed by atoms with Gasteiger partial charge in [0.1, 0.15) is 11.0 Å². The molecule has 1 heterocycles. The Morgan fingerprint density at radius 1 is 1.62 bits per heavy atom. The summed E-state index contributed by atoms with van der Waals surface area (Å²) in [6.07, 6.45) is 3.99. The van der Waals surface area contributed by atoms with Crippen LogP contribution in [-0.2, 0) is 0 Å². The van der Waals surface area contributed by atoms with Gasteiger partial charge in [0, 0.05) is 11.8 Å². The van der Waals surface area contributed by atoms with Gasteiger partial charge in [-0.25, -0.2) is 9.97 Å². The average molecular weight is 216 g/mol. The van der Waals surface area contributed by atoms with Crippen LogP contribution in [0.1, 0.15) is 6.92 Å². The third-order valence-corrected chi connectivity index (χ3v) is 2.23. The van der Waals surface area contributed by atoms with Crippen LogP contribution in [0, 0.1) is 0 Å². The quantitative estimate of drug-likeness (QED) is 0.364. The molecule has 0 aliphatic heterocycles. The first kappa shape index (κ1) is 10.3. The minimum atomic E-state index is 0.385. The second-order valence-corrected chi connectivity index (χ2v) is 3.65. The Labute approximate surface area is 86.4 Å². The van der Waals surface area contributed by atoms with E-state index in [1.165, 1.54) is 17.8 Å². The number of hydrogen-bond acceptors (Lipinski definition) is 4. The molecule has 0 bridgehead atoms. The van der Waals surface area contributed by atoms with Crippen LogP contribution >= 0.6 is 23.4 Å². The van der Waals surface area contributed by atoms with Crippen molar-refractivity contribution in [3.8, 4) is 0 Å². The SMILES string of the molecule is C/C=C/CSc1nc(N)cc(Cl)n1. The summed E-state index contributed by atoms with van der Waals surface area (Å²) in [5.41, 5.74) is 5.50. The first-order valence-electron chi connectivity index (χ1n) is 3.76. The van der Waals surface area contributed by atoms with Crippen LogP contribution in [0.2, 0.25) is 5.15 Å². The van der Waals surface area contributed by atoms with Crippen LogP contribution in [0.25, 0.3) is 0 Å². The number of thioether (sulfide) groups is 1. The van der Waals surface area contributed by atoms with Gasteiger partial charge in [0.05, 0.1) is 0 Å². The Morgan fingerprint density at radius 3 is 3.00 bits per heavy atom. The molecular weight excluding hydrogens is 206 g/mol. The van der Waals surface area contributed by atoms with Gasteiger partial charge < -0.3 is 5.73 Å². The maximum absolute atomic E-state index is 5.70. The summed E-state index contributed by atoms with van der Waals surface area (Å²) in [4.78, 5) is 8.03. The zero-order chi connectivity index (χ0) is 9.68. The van der Waals surface area contributed by atoms with Gasteiger partial charge in [-0.1, -0.05) is 35.5 Å². The Hall–Kier alpha value is -0.740. The summed E-state index contributed by atoms with van der Waals surface area (Å²) in [6, 6.07) is 1.53. The topological polar surface area (TPSA) is 51.8 Å². The van der Waals surface area contributed by atoms with Crippen molar-refractivity contribution in [2.75, 3.05) is 11.5 Å². The molecule has 0 spiro atoms. The minimum Gasteiger partial charge on any atom is -0.384 e. The van der Waals surface area contributed by atoms with Gasteiger partial charge in [-0.2, -0.15) is 0 Å². The van der Waals surface area contributed by atoms with E-state index in [9.17, 15) is 0 Å². The molecule has 0 aliphatic carbocycles. The molecule has 5 heteroatoms. The second-order valence-electron chi connectivity index (χ2n) is 2.28. The fraction of sp³-hybridized carbons (Fsp3) is 0.250. The number of nitrogens with two attached hydrogens (primary N) is 1. The van der Waals surface area contributed by atoms with E-state index in [1.54, 1.807) is 0 Å². The Bertz CT molecular complexity index is 294. The number of aromatic nitrogens is 2. The molecule has 0 saturated heterocycles. The van der Waals surface area contributed by atoms with Gasteiger partial charge in [-0.15, -0.1) is 0 Å². The predicted octanol–water partition coefficient (Wildman–Crippen LogP) is 2.38. The van der Waals surface area contributed by atoms with E-state index in [1.807, 2.05) is 19.1 Å². The highest BCUT2D eigenvalue weighted by molar-refractivity contribution is 7.99. The molecule has 1 aromatic heterocycles. The molecule has 1 rings (SSSR count). The van der Waals surface area contributed by atoms with E-state index in [2.05, 4.69) is 9.97 Å². The predicted molar refractivity (Wildman–Crippen MR) is 57.0 cm³/mol. The minimum absolute atomic E-state index is 0.385. The second kappa shape index (κ2) is 5.09. The molecule has 3 nitrogen and oxygen atoms in total. The van der Waals surface area contributed by atoms with E-state index in [-0.39, 0.29) is 0 Å². The summed E-state index contributed by atoms with van der Waals surface area (Å²) in [7, 11) is 0. The van der Waals surface area contributed by atoms with E-state index in [0.29, 0.717) is 16.1 Å². The lowest BCUT2D eigenvalue weighted by atomic mass is 10.6. The molecule has 0 amide bonds. The van der Waals surface area contributed by atoms with Crippen LogP contribution in [0.3, 0.4) is 0 Å². The normalized spacial score (nSPS) is 10.9. The number of allylic oxidation sites excluding steroid dienone is 1. The summed E-state index contributed by atoms with van der Waals surface area (Å²) in [5, 5.41) is 0.999. The Morgan fingerprint density at radius 2 is 2.38 bits per heavy atom. The van der Waals surface area contributed by atoms with E-state index in [0.717, 1.165) is 5.75 Å². The first-order chi connectivity index (χ1) is 6.22. The van der Waals surface area contributed by atoms with Crippen molar-refractivity contribution in [1.29, 1.82) is 0 Å². The van der Waals surface area contributed by atoms with Crippen molar-refractivity contribution < 1.29 is 0 Å². The van der Waals surface area contributed by atoms with Crippen molar-refractivity contribution in [2.24, 2.45) is 0 Å². The molecule has 2 N–H and O–H groups in total. The first-order valence-corrected chi connectivity index (χ1v) is 5.12. The maximum atomic E-state index is 5.70. The van der Waals surface area contributed by atoms with Gasteiger partial charge in [-0.05, 0) is 6.92 Å². The molecule has 1 aromatic rings. The summed E-state index contributed by atoms with van der Waals surface area (Å²) in [5.74, 6) is 1.24. The van der Waals surface area contributed by atoms with E-state index < -0.39 is 0 Å². The van der Waals surface area contributed by atoms with Crippen LogP contribution in [0.4, 0.5) is 5.82 Å². The smallest absolute Gasteiger partial charge is 0.191 e. The average Bonchev–Trinajstić information content (AvgIpc) is 2.03. The number of halogens is 1. The number of nitrogen functional groups attached to an aromatic ring is 1. The lowest BCUT2D eigenvalue weighted by molar-refractivity contribution is 0.978. The van der Waals surface area contributed by atoms with E-state index >= 15 is 0 Å². The zero-order valence-corrected chi connectivity index (χ0v) is 8.77. The monoisotopic (exact) mass is 215 g/mol. The lowest BCUT2D eigenvalue weighted by Gasteiger charge is -1.98. The molecule has 0 saturated carbocycles. The van der Waals surface area contributed by atoms with Gasteiger partial charge in [0.2, 0.25) is 0 Å². The number of anilines is 1. The Kier molecular flexibility index (Phi) is 4.05. The summed E-state index contributed by atoms with van der Waals surface area (Å²) in [6.45, 7) is 1.97. The van der Waals surface area contributed by atoms with E-state index in [4.69, 9.17) is 17.3 Å². The maximum Gasteiger partial charge on any atom is 0.191 e. The molecule has 0 aromatic carbocycles. The highest BCUT2D eigenvalue weighted by atomic mass is 35.5. The van der Waals surface area contributed by atoms with Crippen LogP contribution < -0.4 is 5.73 Å². The van der Waals surface area contributed by atoms with Crippen molar-refractivity contribution in [1.82, 2.24) is 9.97 Å². The summed E-state index contributed by atoms with van der Waals surface area (Å²) < 4.78 is 0. The highest BCUT2D eigenvalue weighted by Crippen LogP contribution is 2.17. The van der Waals surface area contributed by atoms with Crippen molar-refractivity contribution in [3.63, 3.8) is 0 Å². The molecule has 70 valence electrons. The van der Waals surface area contributed by atoms with Gasteiger partial charge in [0.15, 0.2) is 5.16 Å². The highest BCUT2D eigenvalue weighted by Gasteiger charge is 1.99. The molecule has 13 heavy (non-hydrogen) atoms. The third-order valence-electron chi connectivity index (χ3n) is 1.24. The summed E-state index contributed by atoms with van der Waals surface area (Å²) >= 11 is 7.20. The fourth-order valence-corrected chi connectivity index (χ4v) is 1.71. The van der Waals surface area contributed by atoms with Crippen molar-refractivity contribution >= 4 is 29.2 Å². The zero-order valence-electron chi connectivity index (χ0n) is 7.20. The number of hydrogen-bond donors (Lipinski definition) is 1. The molecule has 0 unspecified atom stereocenters. The van der Waals surface area contributed by atoms with Gasteiger partial charge in [0.25, 0.3) is 0 Å². The molecule has 0 fully saturated rings. The van der Waals surface area contributed by atoms with Crippen LogP contribution in [-0.4, -0.2) is 15.7 Å². The van der Waals surface area contributed by atoms with Gasteiger partial charge in [-0.3, -0.25) is 0 Å². The molecular formula is C8H10ClN3S. The number of rotatable bonds is 3. The van der Waals surface area contributed by atoms with Crippen LogP contribution in [0.5, 0.6) is 0 Å². The van der Waals surface area contributed by atoms with Crippen molar-refractivity contribution in [3.05, 3.63) is 23.4 Å². The lowest BCUT2D eigenvalue weighted by Crippen LogP contribution is -1.94. The standard InChI is InChI=1S/C8H10ClN3S/c1-2-3-4-13-8-11-6(9)5-7(10)12-8/h2-3,5H,4H2,1H3,(H2,10,11,12)/b3-2+. The Balaban J connectivity index is 2.66. The fourth-order valence-electron chi connectivity index (χ4n) is 0.697. The number of nitrogens with zero attached hydrogens (tertiary/aromatic N) is 2. The third kappa shape index (κ3) is 3.65. The molecule has 0 atom stereocenters. The largest absolute Gasteiger partial charge is 0.384 e. The van der Waals surface area contributed by atoms with Crippen molar-refractivity contribution in [2.45, 2.75) is 12.1 Å².